The van der Waals surface area contributed by atoms with Gasteiger partial charge in [-0.1, -0.05) is 48.0 Å². The molecule has 0 spiro atoms. The minimum Gasteiger partial charge on any atom is -0.368 e. The van der Waals surface area contributed by atoms with E-state index in [0.717, 1.165) is 34.0 Å². The quantitative estimate of drug-likeness (QED) is 0.622. The van der Waals surface area contributed by atoms with Gasteiger partial charge in [0.2, 0.25) is 0 Å². The molecular weight excluding hydrogens is 384 g/mol. The van der Waals surface area contributed by atoms with Crippen LogP contribution in [0.3, 0.4) is 0 Å². The predicted octanol–water partition coefficient (Wildman–Crippen LogP) is 4.85. The van der Waals surface area contributed by atoms with Gasteiger partial charge in [-0.2, -0.15) is 0 Å². The lowest BCUT2D eigenvalue weighted by atomic mass is 10.0. The molecule has 0 bridgehead atoms. The highest BCUT2D eigenvalue weighted by Gasteiger charge is 2.27. The Bertz CT molecular complexity index is 1010. The Morgan fingerprint density at radius 2 is 1.90 bits per heavy atom. The average Bonchev–Trinajstić information content (AvgIpc) is 2.75. The molecule has 5 heteroatoms. The Morgan fingerprint density at radius 3 is 2.69 bits per heavy atom. The van der Waals surface area contributed by atoms with Crippen molar-refractivity contribution in [3.05, 3.63) is 99.8 Å². The van der Waals surface area contributed by atoms with Crippen molar-refractivity contribution in [3.8, 4) is 0 Å². The first-order valence-electron chi connectivity index (χ1n) is 9.77. The molecule has 1 aromatic heterocycles. The van der Waals surface area contributed by atoms with E-state index in [4.69, 9.17) is 21.3 Å². The summed E-state index contributed by atoms with van der Waals surface area (Å²) < 4.78 is 5.98. The predicted molar refractivity (Wildman–Crippen MR) is 114 cm³/mol. The molecule has 0 aliphatic carbocycles. The summed E-state index contributed by atoms with van der Waals surface area (Å²) in [5.74, 6) is 0.0304. The van der Waals surface area contributed by atoms with Crippen LogP contribution in [0.25, 0.3) is 0 Å². The summed E-state index contributed by atoms with van der Waals surface area (Å²) in [6, 6.07) is 21.4. The lowest BCUT2D eigenvalue weighted by Crippen LogP contribution is -2.42. The highest BCUT2D eigenvalue weighted by molar-refractivity contribution is 6.31. The molecule has 4 nitrogen and oxygen atoms in total. The standard InChI is InChI=1S/C24H23ClN2O2/c1-17-13-18(14-20-9-5-6-10-21(20)25)15-22(26-17)23-16-27(11-12-29-23)24(28)19-7-3-2-4-8-19/h2-10,13,15,23H,11-12,14,16H2,1H3/t23-/m0/s1. The van der Waals surface area contributed by atoms with Crippen molar-refractivity contribution in [2.24, 2.45) is 0 Å². The second-order valence-electron chi connectivity index (χ2n) is 7.29. The van der Waals surface area contributed by atoms with Gasteiger partial charge in [0, 0.05) is 22.8 Å². The number of carbonyl (C=O) groups is 1. The molecule has 4 rings (SSSR count). The first kappa shape index (κ1) is 19.6. The maximum atomic E-state index is 12.8. The molecule has 2 heterocycles. The van der Waals surface area contributed by atoms with Gasteiger partial charge in [-0.25, -0.2) is 0 Å². The fourth-order valence-corrected chi connectivity index (χ4v) is 3.88. The van der Waals surface area contributed by atoms with Crippen LogP contribution in [0.2, 0.25) is 5.02 Å². The maximum absolute atomic E-state index is 12.8. The van der Waals surface area contributed by atoms with E-state index in [1.54, 1.807) is 0 Å². The molecule has 1 aliphatic heterocycles. The Labute approximate surface area is 176 Å². The molecule has 3 aromatic rings. The zero-order valence-corrected chi connectivity index (χ0v) is 17.1. The van der Waals surface area contributed by atoms with E-state index in [-0.39, 0.29) is 12.0 Å². The molecule has 1 aliphatic rings. The molecule has 1 amide bonds. The van der Waals surface area contributed by atoms with Gasteiger partial charge in [-0.05, 0) is 54.8 Å². The number of aryl methyl sites for hydroxylation is 1. The van der Waals surface area contributed by atoms with Crippen molar-refractivity contribution in [3.63, 3.8) is 0 Å². The van der Waals surface area contributed by atoms with Crippen LogP contribution in [0.15, 0.2) is 66.7 Å². The van der Waals surface area contributed by atoms with Crippen LogP contribution in [0.4, 0.5) is 0 Å². The van der Waals surface area contributed by atoms with Crippen LogP contribution >= 0.6 is 11.6 Å². The summed E-state index contributed by atoms with van der Waals surface area (Å²) in [6.45, 7) is 3.56. The number of ether oxygens (including phenoxy) is 1. The third-order valence-electron chi connectivity index (χ3n) is 5.09. The van der Waals surface area contributed by atoms with Gasteiger partial charge in [-0.15, -0.1) is 0 Å². The fourth-order valence-electron chi connectivity index (χ4n) is 3.67. The number of rotatable bonds is 4. The largest absolute Gasteiger partial charge is 0.368 e. The molecule has 1 saturated heterocycles. The second kappa shape index (κ2) is 8.76. The highest BCUT2D eigenvalue weighted by Crippen LogP contribution is 2.25. The van der Waals surface area contributed by atoms with Gasteiger partial charge in [-0.3, -0.25) is 9.78 Å². The zero-order chi connectivity index (χ0) is 20.2. The lowest BCUT2D eigenvalue weighted by Gasteiger charge is -2.33. The van der Waals surface area contributed by atoms with Gasteiger partial charge >= 0.3 is 0 Å². The third-order valence-corrected chi connectivity index (χ3v) is 5.46. The van der Waals surface area contributed by atoms with Gasteiger partial charge in [0.1, 0.15) is 6.10 Å². The van der Waals surface area contributed by atoms with Crippen molar-refractivity contribution >= 4 is 17.5 Å². The van der Waals surface area contributed by atoms with Crippen LogP contribution in [-0.2, 0) is 11.2 Å². The lowest BCUT2D eigenvalue weighted by molar-refractivity contribution is -0.0248. The summed E-state index contributed by atoms with van der Waals surface area (Å²) >= 11 is 6.33. The summed E-state index contributed by atoms with van der Waals surface area (Å²) in [6.07, 6.45) is 0.497. The molecular formula is C24H23ClN2O2. The number of halogens is 1. The minimum atomic E-state index is -0.235. The number of morpholine rings is 1. The molecule has 0 unspecified atom stereocenters. The molecule has 0 saturated carbocycles. The van der Waals surface area contributed by atoms with Gasteiger partial charge < -0.3 is 9.64 Å². The van der Waals surface area contributed by atoms with Crippen LogP contribution < -0.4 is 0 Å². The molecule has 1 fully saturated rings. The van der Waals surface area contributed by atoms with Crippen LogP contribution in [-0.4, -0.2) is 35.5 Å². The van der Waals surface area contributed by atoms with E-state index < -0.39 is 0 Å². The first-order valence-corrected chi connectivity index (χ1v) is 10.1. The fraction of sp³-hybridized carbons (Fsp3) is 0.250. The molecule has 0 N–H and O–H groups in total. The van der Waals surface area contributed by atoms with E-state index in [1.165, 1.54) is 0 Å². The number of benzene rings is 2. The number of nitrogens with zero attached hydrogens (tertiary/aromatic N) is 2. The summed E-state index contributed by atoms with van der Waals surface area (Å²) in [5.41, 5.74) is 4.70. The van der Waals surface area contributed by atoms with E-state index >= 15 is 0 Å². The Hall–Kier alpha value is -2.69. The van der Waals surface area contributed by atoms with Gasteiger partial charge in [0.05, 0.1) is 18.8 Å². The number of aromatic nitrogens is 1. The molecule has 148 valence electrons. The van der Waals surface area contributed by atoms with Crippen molar-refractivity contribution in [2.45, 2.75) is 19.4 Å². The monoisotopic (exact) mass is 406 g/mol. The normalized spacial score (nSPS) is 16.6. The topological polar surface area (TPSA) is 42.4 Å². The van der Waals surface area contributed by atoms with Crippen molar-refractivity contribution in [1.82, 2.24) is 9.88 Å². The molecule has 1 atom stereocenters. The van der Waals surface area contributed by atoms with Crippen molar-refractivity contribution in [1.29, 1.82) is 0 Å². The van der Waals surface area contributed by atoms with Crippen LogP contribution in [0, 0.1) is 6.92 Å². The van der Waals surface area contributed by atoms with Crippen molar-refractivity contribution in [2.75, 3.05) is 19.7 Å². The van der Waals surface area contributed by atoms with E-state index in [9.17, 15) is 4.79 Å². The summed E-state index contributed by atoms with van der Waals surface area (Å²) in [4.78, 5) is 19.4. The smallest absolute Gasteiger partial charge is 0.254 e. The summed E-state index contributed by atoms with van der Waals surface area (Å²) in [7, 11) is 0. The SMILES string of the molecule is Cc1cc(Cc2ccccc2Cl)cc([C@@H]2CN(C(=O)c3ccccc3)CCO2)n1. The van der Waals surface area contributed by atoms with Crippen LogP contribution in [0.1, 0.15) is 39.0 Å². The van der Waals surface area contributed by atoms with E-state index in [2.05, 4.69) is 12.1 Å². The Kier molecular flexibility index (Phi) is 5.93. The van der Waals surface area contributed by atoms with Crippen molar-refractivity contribution < 1.29 is 9.53 Å². The van der Waals surface area contributed by atoms with E-state index in [1.807, 2.05) is 66.4 Å². The number of carbonyl (C=O) groups excluding carboxylic acids is 1. The molecule has 2 aromatic carbocycles. The van der Waals surface area contributed by atoms with Gasteiger partial charge in [0.15, 0.2) is 0 Å². The zero-order valence-electron chi connectivity index (χ0n) is 16.3. The van der Waals surface area contributed by atoms with Gasteiger partial charge in [0.25, 0.3) is 5.91 Å². The number of hydrogen-bond acceptors (Lipinski definition) is 3. The highest BCUT2D eigenvalue weighted by atomic mass is 35.5. The maximum Gasteiger partial charge on any atom is 0.254 e. The number of hydrogen-bond donors (Lipinski definition) is 0. The second-order valence-corrected chi connectivity index (χ2v) is 7.69. The summed E-state index contributed by atoms with van der Waals surface area (Å²) in [5, 5.41) is 0.761. The van der Waals surface area contributed by atoms with Crippen LogP contribution in [0.5, 0.6) is 0 Å². The Balaban J connectivity index is 1.54. The molecule has 0 radical (unpaired) electrons. The van der Waals surface area contributed by atoms with E-state index in [0.29, 0.717) is 25.3 Å². The average molecular weight is 407 g/mol. The Morgan fingerprint density at radius 1 is 1.14 bits per heavy atom. The number of amides is 1. The molecule has 29 heavy (non-hydrogen) atoms. The minimum absolute atomic E-state index is 0.0304. The third kappa shape index (κ3) is 4.66. The first-order chi connectivity index (χ1) is 14.1. The number of pyridine rings is 1.